The second kappa shape index (κ2) is 7.53. The smallest absolute Gasteiger partial charge is 0.218 e. The molecule has 1 aliphatic heterocycles. The number of ether oxygens (including phenoxy) is 2. The molecule has 27 heavy (non-hydrogen) atoms. The van der Waals surface area contributed by atoms with Crippen LogP contribution in [0.15, 0.2) is 42.5 Å². The highest BCUT2D eigenvalue weighted by molar-refractivity contribution is 5.84. The van der Waals surface area contributed by atoms with E-state index in [1.165, 1.54) is 23.3 Å². The lowest BCUT2D eigenvalue weighted by Crippen LogP contribution is -2.30. The number of pyridine rings is 1. The number of rotatable bonds is 4. The Labute approximate surface area is 158 Å². The first-order chi connectivity index (χ1) is 13.1. The van der Waals surface area contributed by atoms with E-state index in [1.807, 2.05) is 0 Å². The van der Waals surface area contributed by atoms with Gasteiger partial charge in [0.15, 0.2) is 0 Å². The number of fused-ring (bicyclic) bond motifs is 2. The van der Waals surface area contributed by atoms with Crippen LogP contribution < -0.4 is 9.47 Å². The highest BCUT2D eigenvalue weighted by Crippen LogP contribution is 2.28. The summed E-state index contributed by atoms with van der Waals surface area (Å²) in [5, 5.41) is 1.15. The summed E-state index contributed by atoms with van der Waals surface area (Å²) < 4.78 is 24.6. The molecular formula is C22H23FN2O2. The molecule has 1 aromatic heterocycles. The van der Waals surface area contributed by atoms with Gasteiger partial charge in [-0.3, -0.25) is 4.90 Å². The molecule has 4 rings (SSSR count). The maximum absolute atomic E-state index is 13.0. The first kappa shape index (κ1) is 17.7. The third kappa shape index (κ3) is 4.03. The van der Waals surface area contributed by atoms with Crippen LogP contribution in [0.5, 0.6) is 11.6 Å². The maximum atomic E-state index is 13.0. The lowest BCUT2D eigenvalue weighted by Gasteiger charge is -2.19. The van der Waals surface area contributed by atoms with Crippen LogP contribution in [0.1, 0.15) is 16.7 Å². The van der Waals surface area contributed by atoms with E-state index in [0.29, 0.717) is 19.0 Å². The summed E-state index contributed by atoms with van der Waals surface area (Å²) in [6.45, 7) is 7.70. The Kier molecular flexibility index (Phi) is 4.94. The van der Waals surface area contributed by atoms with Crippen LogP contribution in [0.3, 0.4) is 0 Å². The van der Waals surface area contributed by atoms with Gasteiger partial charge in [0, 0.05) is 30.6 Å². The van der Waals surface area contributed by atoms with E-state index in [0.717, 1.165) is 42.0 Å². The molecule has 140 valence electrons. The molecule has 0 saturated carbocycles. The van der Waals surface area contributed by atoms with Crippen molar-refractivity contribution in [1.82, 2.24) is 9.88 Å². The molecule has 0 amide bonds. The molecule has 3 aromatic rings. The first-order valence-corrected chi connectivity index (χ1v) is 9.23. The maximum Gasteiger partial charge on any atom is 0.218 e. The van der Waals surface area contributed by atoms with Gasteiger partial charge in [0.25, 0.3) is 0 Å². The standard InChI is InChI=1S/C22H23FN2O2/c1-15-11-16(2)21-17(12-15)13-18-14-25(8-10-27-22(18)24-21)7-9-26-20-5-3-19(23)4-6-20/h3-6,11-13H,7-10,14H2,1-2H3. The van der Waals surface area contributed by atoms with Crippen LogP contribution in [0.25, 0.3) is 10.9 Å². The van der Waals surface area contributed by atoms with Crippen LogP contribution in [-0.4, -0.2) is 36.2 Å². The van der Waals surface area contributed by atoms with E-state index in [4.69, 9.17) is 14.5 Å². The van der Waals surface area contributed by atoms with Gasteiger partial charge in [0.05, 0.1) is 5.52 Å². The van der Waals surface area contributed by atoms with Gasteiger partial charge in [-0.05, 0) is 55.8 Å². The summed E-state index contributed by atoms with van der Waals surface area (Å²) in [6.07, 6.45) is 0. The quantitative estimate of drug-likeness (QED) is 0.691. The molecule has 0 spiro atoms. The Bertz CT molecular complexity index is 957. The fraction of sp³-hybridized carbons (Fsp3) is 0.318. The molecule has 0 N–H and O–H groups in total. The van der Waals surface area contributed by atoms with Gasteiger partial charge < -0.3 is 9.47 Å². The fourth-order valence-electron chi connectivity index (χ4n) is 3.52. The Morgan fingerprint density at radius 3 is 2.78 bits per heavy atom. The minimum atomic E-state index is -0.256. The van der Waals surface area contributed by atoms with Crippen LogP contribution in [-0.2, 0) is 6.54 Å². The van der Waals surface area contributed by atoms with Crippen LogP contribution in [0, 0.1) is 19.7 Å². The topological polar surface area (TPSA) is 34.6 Å². The predicted octanol–water partition coefficient (Wildman–Crippen LogP) is 4.26. The molecule has 0 atom stereocenters. The second-order valence-electron chi connectivity index (χ2n) is 7.03. The van der Waals surface area contributed by atoms with Gasteiger partial charge in [-0.15, -0.1) is 0 Å². The molecule has 2 heterocycles. The lowest BCUT2D eigenvalue weighted by molar-refractivity contribution is 0.185. The molecule has 0 fully saturated rings. The highest BCUT2D eigenvalue weighted by Gasteiger charge is 2.18. The number of halogens is 1. The van der Waals surface area contributed by atoms with Crippen molar-refractivity contribution in [2.45, 2.75) is 20.4 Å². The van der Waals surface area contributed by atoms with Gasteiger partial charge in [-0.2, -0.15) is 0 Å². The van der Waals surface area contributed by atoms with E-state index in [2.05, 4.69) is 36.9 Å². The van der Waals surface area contributed by atoms with Gasteiger partial charge in [-0.25, -0.2) is 9.37 Å². The number of aromatic nitrogens is 1. The number of nitrogens with zero attached hydrogens (tertiary/aromatic N) is 2. The summed E-state index contributed by atoms with van der Waals surface area (Å²) in [7, 11) is 0. The van der Waals surface area contributed by atoms with Crippen molar-refractivity contribution in [2.24, 2.45) is 0 Å². The Morgan fingerprint density at radius 2 is 1.96 bits per heavy atom. The van der Waals surface area contributed by atoms with Crippen LogP contribution in [0.4, 0.5) is 4.39 Å². The molecular weight excluding hydrogens is 343 g/mol. The normalized spacial score (nSPS) is 14.5. The van der Waals surface area contributed by atoms with Crippen molar-refractivity contribution in [3.63, 3.8) is 0 Å². The SMILES string of the molecule is Cc1cc(C)c2nc3c(cc2c1)CN(CCOc1ccc(F)cc1)CCO3. The zero-order chi connectivity index (χ0) is 18.8. The van der Waals surface area contributed by atoms with E-state index in [-0.39, 0.29) is 5.82 Å². The number of aryl methyl sites for hydroxylation is 2. The average molecular weight is 366 g/mol. The van der Waals surface area contributed by atoms with Gasteiger partial charge in [0.2, 0.25) is 5.88 Å². The summed E-state index contributed by atoms with van der Waals surface area (Å²) in [5.41, 5.74) is 4.52. The largest absolute Gasteiger partial charge is 0.492 e. The molecule has 0 bridgehead atoms. The third-order valence-electron chi connectivity index (χ3n) is 4.82. The van der Waals surface area contributed by atoms with E-state index < -0.39 is 0 Å². The van der Waals surface area contributed by atoms with Crippen molar-refractivity contribution in [2.75, 3.05) is 26.3 Å². The van der Waals surface area contributed by atoms with Gasteiger partial charge in [-0.1, -0.05) is 11.6 Å². The van der Waals surface area contributed by atoms with E-state index >= 15 is 0 Å². The summed E-state index contributed by atoms with van der Waals surface area (Å²) in [4.78, 5) is 7.07. The molecule has 0 unspecified atom stereocenters. The lowest BCUT2D eigenvalue weighted by atomic mass is 10.0. The van der Waals surface area contributed by atoms with Crippen molar-refractivity contribution >= 4 is 10.9 Å². The zero-order valence-corrected chi connectivity index (χ0v) is 15.7. The number of hydrogen-bond donors (Lipinski definition) is 0. The molecule has 5 heteroatoms. The number of benzene rings is 2. The molecule has 0 radical (unpaired) electrons. The minimum absolute atomic E-state index is 0.256. The highest BCUT2D eigenvalue weighted by atomic mass is 19.1. The summed E-state index contributed by atoms with van der Waals surface area (Å²) in [6, 6.07) is 12.6. The fourth-order valence-corrected chi connectivity index (χ4v) is 3.52. The zero-order valence-electron chi connectivity index (χ0n) is 15.7. The molecule has 0 saturated heterocycles. The van der Waals surface area contributed by atoms with Crippen LogP contribution in [0.2, 0.25) is 0 Å². The average Bonchev–Trinajstić information content (AvgIpc) is 2.83. The van der Waals surface area contributed by atoms with E-state index in [9.17, 15) is 4.39 Å². The van der Waals surface area contributed by atoms with Crippen molar-refractivity contribution < 1.29 is 13.9 Å². The third-order valence-corrected chi connectivity index (χ3v) is 4.82. The molecule has 1 aliphatic rings. The van der Waals surface area contributed by atoms with E-state index in [1.54, 1.807) is 12.1 Å². The number of hydrogen-bond acceptors (Lipinski definition) is 4. The van der Waals surface area contributed by atoms with Crippen molar-refractivity contribution in [1.29, 1.82) is 0 Å². The Hall–Kier alpha value is -2.66. The predicted molar refractivity (Wildman–Crippen MR) is 104 cm³/mol. The van der Waals surface area contributed by atoms with Crippen molar-refractivity contribution in [3.05, 3.63) is 65.0 Å². The first-order valence-electron chi connectivity index (χ1n) is 9.23. The monoisotopic (exact) mass is 366 g/mol. The molecule has 2 aromatic carbocycles. The Morgan fingerprint density at radius 1 is 1.15 bits per heavy atom. The second-order valence-corrected chi connectivity index (χ2v) is 7.03. The minimum Gasteiger partial charge on any atom is -0.492 e. The summed E-state index contributed by atoms with van der Waals surface area (Å²) in [5.74, 6) is 1.16. The molecule has 4 nitrogen and oxygen atoms in total. The van der Waals surface area contributed by atoms with Crippen LogP contribution >= 0.6 is 0 Å². The summed E-state index contributed by atoms with van der Waals surface area (Å²) >= 11 is 0. The molecule has 0 aliphatic carbocycles. The van der Waals surface area contributed by atoms with Crippen molar-refractivity contribution in [3.8, 4) is 11.6 Å². The van der Waals surface area contributed by atoms with Gasteiger partial charge >= 0.3 is 0 Å². The Balaban J connectivity index is 1.47. The van der Waals surface area contributed by atoms with Gasteiger partial charge in [0.1, 0.15) is 24.8 Å².